The number of nitrogen functional groups attached to an aromatic ring is 1. The first-order valence-electron chi connectivity index (χ1n) is 6.30. The fraction of sp³-hybridized carbons (Fsp3) is 0.583. The summed E-state index contributed by atoms with van der Waals surface area (Å²) in [6.45, 7) is 2.10. The number of ether oxygens (including phenoxy) is 1. The van der Waals surface area contributed by atoms with Crippen LogP contribution in [-0.4, -0.2) is 46.5 Å². The Labute approximate surface area is 111 Å². The van der Waals surface area contributed by atoms with Crippen LogP contribution in [-0.2, 0) is 16.1 Å². The molecule has 0 bridgehead atoms. The van der Waals surface area contributed by atoms with E-state index in [9.17, 15) is 9.59 Å². The molecule has 1 aliphatic rings. The first-order valence-corrected chi connectivity index (χ1v) is 6.30. The molecule has 1 fully saturated rings. The molecular formula is C12H18N4O3. The molecule has 1 aromatic heterocycles. The number of amides is 1. The predicted octanol–water partition coefficient (Wildman–Crippen LogP) is 0.264. The molecule has 1 amide bonds. The van der Waals surface area contributed by atoms with E-state index in [1.165, 1.54) is 13.4 Å². The number of methoxy groups -OCH3 is 1. The number of nitrogens with zero attached hydrogens (tertiary/aromatic N) is 3. The van der Waals surface area contributed by atoms with Crippen LogP contribution in [0.3, 0.4) is 0 Å². The van der Waals surface area contributed by atoms with Crippen LogP contribution in [0.15, 0.2) is 6.33 Å². The van der Waals surface area contributed by atoms with Crippen LogP contribution in [0.1, 0.15) is 29.8 Å². The van der Waals surface area contributed by atoms with Crippen molar-refractivity contribution in [2.75, 3.05) is 25.9 Å². The van der Waals surface area contributed by atoms with E-state index in [-0.39, 0.29) is 17.4 Å². The molecule has 19 heavy (non-hydrogen) atoms. The lowest BCUT2D eigenvalue weighted by atomic mass is 10.3. The molecule has 2 rings (SSSR count). The number of hydrogen-bond acceptors (Lipinski definition) is 5. The maximum absolute atomic E-state index is 11.9. The lowest BCUT2D eigenvalue weighted by Crippen LogP contribution is -2.28. The van der Waals surface area contributed by atoms with Gasteiger partial charge in [0.1, 0.15) is 5.82 Å². The van der Waals surface area contributed by atoms with Crippen molar-refractivity contribution < 1.29 is 14.3 Å². The molecule has 0 spiro atoms. The zero-order valence-electron chi connectivity index (χ0n) is 11.0. The van der Waals surface area contributed by atoms with Gasteiger partial charge in [0.15, 0.2) is 5.69 Å². The van der Waals surface area contributed by atoms with Crippen LogP contribution in [0.4, 0.5) is 5.82 Å². The molecule has 7 nitrogen and oxygen atoms in total. The van der Waals surface area contributed by atoms with Crippen molar-refractivity contribution in [3.8, 4) is 0 Å². The van der Waals surface area contributed by atoms with Crippen molar-refractivity contribution in [2.24, 2.45) is 0 Å². The SMILES string of the molecule is COC(=O)c1ncn(CCC(=O)N2CCCC2)c1N. The molecule has 0 atom stereocenters. The number of likely N-dealkylation sites (tertiary alicyclic amines) is 1. The van der Waals surface area contributed by atoms with Gasteiger partial charge in [-0.15, -0.1) is 0 Å². The highest BCUT2D eigenvalue weighted by molar-refractivity contribution is 5.92. The summed E-state index contributed by atoms with van der Waals surface area (Å²) < 4.78 is 6.16. The summed E-state index contributed by atoms with van der Waals surface area (Å²) in [7, 11) is 1.28. The summed E-state index contributed by atoms with van der Waals surface area (Å²) in [4.78, 5) is 29.0. The van der Waals surface area contributed by atoms with Gasteiger partial charge in [0.2, 0.25) is 5.91 Å². The van der Waals surface area contributed by atoms with Crippen molar-refractivity contribution in [3.63, 3.8) is 0 Å². The molecule has 7 heteroatoms. The zero-order valence-corrected chi connectivity index (χ0v) is 11.0. The smallest absolute Gasteiger partial charge is 0.360 e. The van der Waals surface area contributed by atoms with Crippen LogP contribution in [0.5, 0.6) is 0 Å². The monoisotopic (exact) mass is 266 g/mol. The number of aromatic nitrogens is 2. The second-order valence-electron chi connectivity index (χ2n) is 4.50. The largest absolute Gasteiger partial charge is 0.464 e. The van der Waals surface area contributed by atoms with Gasteiger partial charge in [-0.1, -0.05) is 0 Å². The zero-order chi connectivity index (χ0) is 13.8. The molecule has 1 saturated heterocycles. The predicted molar refractivity (Wildman–Crippen MR) is 68.4 cm³/mol. The summed E-state index contributed by atoms with van der Waals surface area (Å²) >= 11 is 0. The number of imidazole rings is 1. The van der Waals surface area contributed by atoms with Gasteiger partial charge in [-0.25, -0.2) is 9.78 Å². The molecule has 1 aromatic rings. The van der Waals surface area contributed by atoms with Crippen molar-refractivity contribution >= 4 is 17.7 Å². The molecular weight excluding hydrogens is 248 g/mol. The summed E-state index contributed by atoms with van der Waals surface area (Å²) in [6.07, 6.45) is 3.97. The second kappa shape index (κ2) is 5.73. The Morgan fingerprint density at radius 2 is 2.11 bits per heavy atom. The van der Waals surface area contributed by atoms with E-state index in [0.29, 0.717) is 13.0 Å². The second-order valence-corrected chi connectivity index (χ2v) is 4.50. The number of carbonyl (C=O) groups is 2. The number of aryl methyl sites for hydroxylation is 1. The molecule has 0 unspecified atom stereocenters. The average Bonchev–Trinajstić information content (AvgIpc) is 3.05. The fourth-order valence-electron chi connectivity index (χ4n) is 2.16. The Hall–Kier alpha value is -2.05. The highest BCUT2D eigenvalue weighted by Gasteiger charge is 2.19. The van der Waals surface area contributed by atoms with Gasteiger partial charge in [-0.2, -0.15) is 0 Å². The quantitative estimate of drug-likeness (QED) is 0.790. The van der Waals surface area contributed by atoms with Gasteiger partial charge in [0.05, 0.1) is 13.4 Å². The van der Waals surface area contributed by atoms with Crippen molar-refractivity contribution in [1.82, 2.24) is 14.5 Å². The Kier molecular flexibility index (Phi) is 4.03. The van der Waals surface area contributed by atoms with Crippen LogP contribution in [0.25, 0.3) is 0 Å². The van der Waals surface area contributed by atoms with Crippen LogP contribution in [0, 0.1) is 0 Å². The molecule has 0 radical (unpaired) electrons. The fourth-order valence-corrected chi connectivity index (χ4v) is 2.16. The number of hydrogen-bond donors (Lipinski definition) is 1. The molecule has 2 heterocycles. The Morgan fingerprint density at radius 1 is 1.42 bits per heavy atom. The van der Waals surface area contributed by atoms with Crippen molar-refractivity contribution in [1.29, 1.82) is 0 Å². The van der Waals surface area contributed by atoms with Crippen molar-refractivity contribution in [2.45, 2.75) is 25.8 Å². The van der Waals surface area contributed by atoms with Crippen LogP contribution < -0.4 is 5.73 Å². The topological polar surface area (TPSA) is 90.4 Å². The molecule has 0 aliphatic carbocycles. The van der Waals surface area contributed by atoms with Gasteiger partial charge < -0.3 is 19.9 Å². The first-order chi connectivity index (χ1) is 9.13. The van der Waals surface area contributed by atoms with Gasteiger partial charge >= 0.3 is 5.97 Å². The van der Waals surface area contributed by atoms with E-state index in [1.807, 2.05) is 4.90 Å². The van der Waals surface area contributed by atoms with E-state index in [1.54, 1.807) is 4.57 Å². The minimum Gasteiger partial charge on any atom is -0.464 e. The van der Waals surface area contributed by atoms with Gasteiger partial charge in [-0.05, 0) is 12.8 Å². The summed E-state index contributed by atoms with van der Waals surface area (Å²) in [6, 6.07) is 0. The average molecular weight is 266 g/mol. The molecule has 104 valence electrons. The Morgan fingerprint density at radius 3 is 2.74 bits per heavy atom. The number of anilines is 1. The third kappa shape index (κ3) is 2.86. The van der Waals surface area contributed by atoms with E-state index in [0.717, 1.165) is 25.9 Å². The Bertz CT molecular complexity index is 477. The van der Waals surface area contributed by atoms with E-state index in [2.05, 4.69) is 9.72 Å². The molecule has 1 aliphatic heterocycles. The van der Waals surface area contributed by atoms with Gasteiger partial charge in [0, 0.05) is 26.1 Å². The molecule has 0 aromatic carbocycles. The number of carbonyl (C=O) groups excluding carboxylic acids is 2. The molecule has 0 saturated carbocycles. The van der Waals surface area contributed by atoms with Gasteiger partial charge in [-0.3, -0.25) is 4.79 Å². The number of nitrogens with two attached hydrogens (primary N) is 1. The Balaban J connectivity index is 1.94. The molecule has 2 N–H and O–H groups in total. The first kappa shape index (κ1) is 13.4. The standard InChI is InChI=1S/C12H18N4O3/c1-19-12(18)10-11(13)16(8-14-10)7-4-9(17)15-5-2-3-6-15/h8H,2-7,13H2,1H3. The third-order valence-electron chi connectivity index (χ3n) is 3.28. The highest BCUT2D eigenvalue weighted by atomic mass is 16.5. The normalized spacial score (nSPS) is 14.7. The maximum atomic E-state index is 11.9. The van der Waals surface area contributed by atoms with Crippen LogP contribution in [0.2, 0.25) is 0 Å². The highest BCUT2D eigenvalue weighted by Crippen LogP contribution is 2.13. The number of rotatable bonds is 4. The summed E-state index contributed by atoms with van der Waals surface area (Å²) in [5.41, 5.74) is 5.89. The lowest BCUT2D eigenvalue weighted by Gasteiger charge is -2.15. The minimum atomic E-state index is -0.567. The lowest BCUT2D eigenvalue weighted by molar-refractivity contribution is -0.130. The number of esters is 1. The summed E-state index contributed by atoms with van der Waals surface area (Å²) in [5.74, 6) is -0.214. The van der Waals surface area contributed by atoms with E-state index >= 15 is 0 Å². The van der Waals surface area contributed by atoms with Gasteiger partial charge in [0.25, 0.3) is 0 Å². The van der Waals surface area contributed by atoms with Crippen LogP contribution >= 0.6 is 0 Å². The van der Waals surface area contributed by atoms with E-state index in [4.69, 9.17) is 5.73 Å². The maximum Gasteiger partial charge on any atom is 0.360 e. The van der Waals surface area contributed by atoms with E-state index < -0.39 is 5.97 Å². The minimum absolute atomic E-state index is 0.0936. The summed E-state index contributed by atoms with van der Waals surface area (Å²) in [5, 5.41) is 0. The third-order valence-corrected chi connectivity index (χ3v) is 3.28. The van der Waals surface area contributed by atoms with Crippen molar-refractivity contribution in [3.05, 3.63) is 12.0 Å².